The van der Waals surface area contributed by atoms with E-state index in [0.29, 0.717) is 29.6 Å². The Bertz CT molecular complexity index is 1310. The molecule has 36 heavy (non-hydrogen) atoms. The molecule has 3 aromatic heterocycles. The lowest BCUT2D eigenvalue weighted by molar-refractivity contribution is -0.134. The molecular formula is C24H27F3N6O3. The molecule has 0 radical (unpaired) electrons. The van der Waals surface area contributed by atoms with Crippen molar-refractivity contribution in [1.29, 1.82) is 0 Å². The molecule has 0 aliphatic rings. The number of carbonyl (C=O) groups excluding carboxylic acids is 2. The van der Waals surface area contributed by atoms with Gasteiger partial charge < -0.3 is 19.8 Å². The average molecular weight is 505 g/mol. The van der Waals surface area contributed by atoms with Crippen LogP contribution in [-0.4, -0.2) is 56.5 Å². The molecule has 0 saturated carbocycles. The van der Waals surface area contributed by atoms with Gasteiger partial charge >= 0.3 is 6.18 Å². The van der Waals surface area contributed by atoms with Crippen molar-refractivity contribution >= 4 is 28.5 Å². The van der Waals surface area contributed by atoms with Crippen molar-refractivity contribution in [2.24, 2.45) is 0 Å². The van der Waals surface area contributed by atoms with E-state index >= 15 is 0 Å². The summed E-state index contributed by atoms with van der Waals surface area (Å²) in [6, 6.07) is 4.77. The number of anilines is 1. The molecule has 0 saturated heterocycles. The number of allylic oxidation sites excluding steroid dienone is 1. The number of halogens is 3. The van der Waals surface area contributed by atoms with Crippen LogP contribution in [0.5, 0.6) is 0 Å². The second-order valence-electron chi connectivity index (χ2n) is 8.42. The van der Waals surface area contributed by atoms with Crippen molar-refractivity contribution in [1.82, 2.24) is 24.4 Å². The van der Waals surface area contributed by atoms with Crippen molar-refractivity contribution in [3.05, 3.63) is 64.6 Å². The fourth-order valence-corrected chi connectivity index (χ4v) is 3.45. The molecule has 192 valence electrons. The molecule has 0 bridgehead atoms. The number of aryl methyl sites for hydroxylation is 1. The van der Waals surface area contributed by atoms with Gasteiger partial charge in [-0.05, 0) is 37.1 Å². The zero-order valence-corrected chi connectivity index (χ0v) is 19.9. The zero-order valence-electron chi connectivity index (χ0n) is 19.9. The van der Waals surface area contributed by atoms with Crippen LogP contribution in [0.4, 0.5) is 18.9 Å². The van der Waals surface area contributed by atoms with Gasteiger partial charge in [0, 0.05) is 45.2 Å². The fourth-order valence-electron chi connectivity index (χ4n) is 3.45. The summed E-state index contributed by atoms with van der Waals surface area (Å²) < 4.78 is 39.3. The van der Waals surface area contributed by atoms with Gasteiger partial charge in [0.15, 0.2) is 0 Å². The number of nitrogens with zero attached hydrogens (tertiary/aromatic N) is 4. The number of aromatic nitrogens is 4. The van der Waals surface area contributed by atoms with E-state index in [9.17, 15) is 27.6 Å². The van der Waals surface area contributed by atoms with Crippen LogP contribution in [0, 0.1) is 0 Å². The van der Waals surface area contributed by atoms with Crippen molar-refractivity contribution in [2.45, 2.75) is 44.8 Å². The van der Waals surface area contributed by atoms with E-state index < -0.39 is 18.2 Å². The Labute approximate surface area is 205 Å². The largest absolute Gasteiger partial charge is 0.389 e. The van der Waals surface area contributed by atoms with Crippen LogP contribution >= 0.6 is 0 Å². The van der Waals surface area contributed by atoms with Gasteiger partial charge in [-0.25, -0.2) is 9.97 Å². The van der Waals surface area contributed by atoms with Crippen molar-refractivity contribution < 1.29 is 22.8 Å². The number of alkyl halides is 3. The van der Waals surface area contributed by atoms with Gasteiger partial charge in [-0.2, -0.15) is 13.2 Å². The number of H-pyrrole nitrogens is 1. The van der Waals surface area contributed by atoms with Crippen molar-refractivity contribution in [3.8, 4) is 0 Å². The maximum absolute atomic E-state index is 12.8. The van der Waals surface area contributed by atoms with E-state index in [0.717, 1.165) is 0 Å². The van der Waals surface area contributed by atoms with Crippen LogP contribution in [0.15, 0.2) is 47.7 Å². The van der Waals surface area contributed by atoms with Crippen molar-refractivity contribution in [3.63, 3.8) is 0 Å². The van der Waals surface area contributed by atoms with Gasteiger partial charge in [-0.1, -0.05) is 6.08 Å². The highest BCUT2D eigenvalue weighted by molar-refractivity contribution is 5.90. The molecule has 0 aromatic carbocycles. The first-order chi connectivity index (χ1) is 17.0. The first-order valence-electron chi connectivity index (χ1n) is 11.3. The summed E-state index contributed by atoms with van der Waals surface area (Å²) in [5.41, 5.74) is 1.35. The molecule has 3 rings (SSSR count). The number of aromatic amines is 1. The van der Waals surface area contributed by atoms with E-state index in [4.69, 9.17) is 0 Å². The van der Waals surface area contributed by atoms with Crippen LogP contribution in [0.1, 0.15) is 37.1 Å². The van der Waals surface area contributed by atoms with Gasteiger partial charge in [0.2, 0.25) is 11.8 Å². The van der Waals surface area contributed by atoms with E-state index in [2.05, 4.69) is 20.3 Å². The second-order valence-corrected chi connectivity index (χ2v) is 8.42. The Morgan fingerprint density at radius 3 is 2.75 bits per heavy atom. The number of amides is 2. The minimum Gasteiger partial charge on any atom is -0.354 e. The molecule has 0 unspecified atom stereocenters. The topological polar surface area (TPSA) is 113 Å². The summed E-state index contributed by atoms with van der Waals surface area (Å²) in [6.07, 6.45) is 1.55. The Hall–Kier alpha value is -3.96. The molecule has 0 aliphatic carbocycles. The van der Waals surface area contributed by atoms with Crippen LogP contribution < -0.4 is 10.9 Å². The van der Waals surface area contributed by atoms with Crippen LogP contribution in [-0.2, 0) is 22.6 Å². The standard InChI is InChI=1S/C24H27F3N6O3/c1-32(2)21(35)9-5-3-4-8-20(34)31-18-7-6-12-33(23(18)36)14-16-13-19-22(30-16)17(28-15-29-19)10-11-24(25,26)27/h5-7,9,12-13,15,30H,3-4,8,10-11,14H2,1-2H3,(H,31,34)/b9-5+. The van der Waals surface area contributed by atoms with Gasteiger partial charge in [0.05, 0.1) is 23.3 Å². The molecule has 3 heterocycles. The van der Waals surface area contributed by atoms with Gasteiger partial charge in [0.1, 0.15) is 12.0 Å². The van der Waals surface area contributed by atoms with Gasteiger partial charge in [-0.15, -0.1) is 0 Å². The number of likely N-dealkylation sites (N-methyl/N-ethyl adjacent to an activating group) is 1. The fraction of sp³-hybridized carbons (Fsp3) is 0.375. The Kier molecular flexibility index (Phi) is 8.62. The first kappa shape index (κ1) is 26.6. The minimum atomic E-state index is -4.30. The third kappa shape index (κ3) is 7.52. The lowest BCUT2D eigenvalue weighted by Crippen LogP contribution is -2.25. The smallest absolute Gasteiger partial charge is 0.354 e. The molecule has 12 heteroatoms. The maximum atomic E-state index is 12.8. The van der Waals surface area contributed by atoms with E-state index in [-0.39, 0.29) is 42.6 Å². The van der Waals surface area contributed by atoms with E-state index in [1.807, 2.05) is 0 Å². The Balaban J connectivity index is 1.63. The lowest BCUT2D eigenvalue weighted by Gasteiger charge is -2.09. The summed E-state index contributed by atoms with van der Waals surface area (Å²) in [5, 5.41) is 2.61. The van der Waals surface area contributed by atoms with Crippen molar-refractivity contribution in [2.75, 3.05) is 19.4 Å². The van der Waals surface area contributed by atoms with Gasteiger partial charge in [0.25, 0.3) is 5.56 Å². The lowest BCUT2D eigenvalue weighted by atomic mass is 10.2. The predicted octanol–water partition coefficient (Wildman–Crippen LogP) is 3.42. The Morgan fingerprint density at radius 2 is 2.03 bits per heavy atom. The number of unbranched alkanes of at least 4 members (excludes halogenated alkanes) is 1. The number of hydrogen-bond acceptors (Lipinski definition) is 5. The molecule has 0 aliphatic heterocycles. The van der Waals surface area contributed by atoms with Crippen LogP contribution in [0.25, 0.3) is 11.0 Å². The normalized spacial score (nSPS) is 11.8. The number of nitrogens with one attached hydrogen (secondary N) is 2. The SMILES string of the molecule is CN(C)C(=O)/C=C/CCCC(=O)Nc1cccn(Cc2cc3ncnc(CCC(F)(F)F)c3[nH]2)c1=O. The molecule has 9 nitrogen and oxygen atoms in total. The second kappa shape index (κ2) is 11.6. The quantitative estimate of drug-likeness (QED) is 0.325. The highest BCUT2D eigenvalue weighted by Crippen LogP contribution is 2.24. The van der Waals surface area contributed by atoms with Gasteiger partial charge in [-0.3, -0.25) is 14.4 Å². The highest BCUT2D eigenvalue weighted by atomic mass is 19.4. The number of rotatable bonds is 10. The third-order valence-corrected chi connectivity index (χ3v) is 5.31. The Morgan fingerprint density at radius 1 is 1.25 bits per heavy atom. The average Bonchev–Trinajstić information content (AvgIpc) is 3.22. The van der Waals surface area contributed by atoms with Crippen LogP contribution in [0.2, 0.25) is 0 Å². The minimum absolute atomic E-state index is 0.0995. The molecule has 2 N–H and O–H groups in total. The third-order valence-electron chi connectivity index (χ3n) is 5.31. The monoisotopic (exact) mass is 504 g/mol. The summed E-state index contributed by atoms with van der Waals surface area (Å²) in [4.78, 5) is 49.1. The number of carbonyl (C=O) groups is 2. The molecule has 3 aromatic rings. The molecule has 0 fully saturated rings. The molecular weight excluding hydrogens is 477 g/mol. The van der Waals surface area contributed by atoms with Crippen LogP contribution in [0.3, 0.4) is 0 Å². The summed E-state index contributed by atoms with van der Waals surface area (Å²) in [5.74, 6) is -0.462. The molecule has 2 amide bonds. The summed E-state index contributed by atoms with van der Waals surface area (Å²) in [6.45, 7) is 0.0995. The summed E-state index contributed by atoms with van der Waals surface area (Å²) >= 11 is 0. The van der Waals surface area contributed by atoms with E-state index in [1.54, 1.807) is 38.5 Å². The molecule has 0 atom stereocenters. The first-order valence-corrected chi connectivity index (χ1v) is 11.3. The summed E-state index contributed by atoms with van der Waals surface area (Å²) in [7, 11) is 3.30. The predicted molar refractivity (Wildman–Crippen MR) is 128 cm³/mol. The van der Waals surface area contributed by atoms with E-state index in [1.165, 1.54) is 27.9 Å². The number of pyridine rings is 1. The maximum Gasteiger partial charge on any atom is 0.389 e. The number of hydrogen-bond donors (Lipinski definition) is 2. The number of fused-ring (bicyclic) bond motifs is 1. The molecule has 0 spiro atoms. The zero-order chi connectivity index (χ0) is 26.3. The highest BCUT2D eigenvalue weighted by Gasteiger charge is 2.27.